The van der Waals surface area contributed by atoms with E-state index in [4.69, 9.17) is 0 Å². The molecule has 2 fully saturated rings. The summed E-state index contributed by atoms with van der Waals surface area (Å²) in [4.78, 5) is 13.4. The molecule has 2 saturated heterocycles. The topological polar surface area (TPSA) is 35.6 Å². The van der Waals surface area contributed by atoms with Crippen molar-refractivity contribution in [1.82, 2.24) is 15.3 Å². The summed E-state index contributed by atoms with van der Waals surface area (Å²) in [5, 5.41) is 4.01. The number of hydrogen-bond acceptors (Lipinski definition) is 3. The Hall–Kier alpha value is -0.680. The first-order chi connectivity index (χ1) is 7.65. The smallest absolute Gasteiger partial charge is 0.236 e. The largest absolute Gasteiger partial charge is 0.341 e. The van der Waals surface area contributed by atoms with Crippen LogP contribution < -0.4 is 5.32 Å². The maximum Gasteiger partial charge on any atom is 0.236 e. The molecule has 0 spiro atoms. The maximum atomic E-state index is 13.1. The van der Waals surface area contributed by atoms with Crippen molar-refractivity contribution in [2.75, 3.05) is 32.7 Å². The van der Waals surface area contributed by atoms with Gasteiger partial charge in [-0.3, -0.25) is 4.79 Å². The Morgan fingerprint density at radius 2 is 2.19 bits per heavy atom. The second kappa shape index (κ2) is 5.10. The third-order valence-electron chi connectivity index (χ3n) is 3.37. The van der Waals surface area contributed by atoms with Crippen LogP contribution in [-0.4, -0.2) is 54.7 Å². The van der Waals surface area contributed by atoms with Crippen LogP contribution in [0.25, 0.3) is 0 Å². The van der Waals surface area contributed by atoms with Gasteiger partial charge in [0.05, 0.1) is 6.54 Å². The lowest BCUT2D eigenvalue weighted by Gasteiger charge is -2.34. The number of hydrogen-bond donors (Lipinski definition) is 1. The number of carbonyl (C=O) groups is 1. The number of piperidine rings is 1. The molecule has 0 aromatic heterocycles. The fourth-order valence-electron chi connectivity index (χ4n) is 2.34. The molecule has 0 radical (unpaired) electrons. The highest BCUT2D eigenvalue weighted by Gasteiger charge is 2.26. The number of likely N-dealkylation sites (tertiary alicyclic amines) is 1. The molecule has 0 bridgehead atoms. The van der Waals surface area contributed by atoms with Gasteiger partial charge in [-0.2, -0.15) is 0 Å². The number of amides is 1. The van der Waals surface area contributed by atoms with Crippen LogP contribution >= 0.6 is 0 Å². The van der Waals surface area contributed by atoms with Crippen molar-refractivity contribution in [1.29, 1.82) is 0 Å². The zero-order valence-corrected chi connectivity index (χ0v) is 9.79. The average molecular weight is 229 g/mol. The molecular weight excluding hydrogens is 209 g/mol. The second-order valence-electron chi connectivity index (χ2n) is 4.98. The van der Waals surface area contributed by atoms with Gasteiger partial charge in [0.15, 0.2) is 0 Å². The van der Waals surface area contributed by atoms with Gasteiger partial charge in [0.2, 0.25) is 5.91 Å². The van der Waals surface area contributed by atoms with Gasteiger partial charge in [0, 0.05) is 32.2 Å². The van der Waals surface area contributed by atoms with E-state index in [2.05, 4.69) is 5.32 Å². The predicted octanol–water partition coefficient (Wildman–Crippen LogP) is 0.403. The third-order valence-corrected chi connectivity index (χ3v) is 3.37. The van der Waals surface area contributed by atoms with E-state index in [1.54, 1.807) is 0 Å². The van der Waals surface area contributed by atoms with Crippen molar-refractivity contribution in [3.63, 3.8) is 0 Å². The van der Waals surface area contributed by atoms with Gasteiger partial charge in [-0.1, -0.05) is 6.92 Å². The Balaban J connectivity index is 1.70. The molecule has 1 N–H and O–H groups in total. The van der Waals surface area contributed by atoms with Crippen molar-refractivity contribution < 1.29 is 9.28 Å². The van der Waals surface area contributed by atoms with Crippen LogP contribution in [0.1, 0.15) is 19.8 Å². The molecule has 4 nitrogen and oxygen atoms in total. The molecule has 5 heteroatoms. The van der Waals surface area contributed by atoms with Gasteiger partial charge in [-0.05, 0) is 18.8 Å². The number of halogens is 1. The highest BCUT2D eigenvalue weighted by Crippen LogP contribution is 2.16. The summed E-state index contributed by atoms with van der Waals surface area (Å²) in [6.07, 6.45) is 2.07. The molecule has 92 valence electrons. The molecule has 2 aliphatic rings. The summed E-state index contributed by atoms with van der Waals surface area (Å²) in [6, 6.07) is 0.110. The summed E-state index contributed by atoms with van der Waals surface area (Å²) in [5.74, 6) is 0.505. The molecule has 0 unspecified atom stereocenters. The van der Waals surface area contributed by atoms with Crippen LogP contribution in [0.3, 0.4) is 0 Å². The van der Waals surface area contributed by atoms with Crippen LogP contribution in [0.4, 0.5) is 4.48 Å². The van der Waals surface area contributed by atoms with Gasteiger partial charge >= 0.3 is 0 Å². The Morgan fingerprint density at radius 1 is 1.44 bits per heavy atom. The SMILES string of the molecule is C[C@H]1C[C@@H](NCC(=O)N2CCC2)CN(F)C1. The molecule has 2 rings (SSSR count). The quantitative estimate of drug-likeness (QED) is 0.712. The highest BCUT2D eigenvalue weighted by molar-refractivity contribution is 5.78. The molecule has 0 aromatic carbocycles. The Labute approximate surface area is 95.7 Å². The summed E-state index contributed by atoms with van der Waals surface area (Å²) >= 11 is 0. The maximum absolute atomic E-state index is 13.1. The lowest BCUT2D eigenvalue weighted by molar-refractivity contribution is -0.134. The van der Waals surface area contributed by atoms with Crippen molar-refractivity contribution in [2.45, 2.75) is 25.8 Å². The predicted molar refractivity (Wildman–Crippen MR) is 59.4 cm³/mol. The molecule has 2 atom stereocenters. The van der Waals surface area contributed by atoms with E-state index in [0.29, 0.717) is 25.6 Å². The molecule has 0 aromatic rings. The Bertz CT molecular complexity index is 248. The Kier molecular flexibility index (Phi) is 3.76. The normalized spacial score (nSPS) is 31.2. The van der Waals surface area contributed by atoms with E-state index in [1.807, 2.05) is 11.8 Å². The number of nitrogens with zero attached hydrogens (tertiary/aromatic N) is 2. The van der Waals surface area contributed by atoms with Crippen LogP contribution in [0.15, 0.2) is 0 Å². The highest BCUT2D eigenvalue weighted by atomic mass is 19.2. The lowest BCUT2D eigenvalue weighted by Crippen LogP contribution is -2.51. The first-order valence-corrected chi connectivity index (χ1v) is 6.07. The number of rotatable bonds is 3. The van der Waals surface area contributed by atoms with Gasteiger partial charge in [-0.15, -0.1) is 9.60 Å². The average Bonchev–Trinajstić information content (AvgIpc) is 2.10. The minimum atomic E-state index is 0.110. The summed E-state index contributed by atoms with van der Waals surface area (Å²) in [7, 11) is 0. The first-order valence-electron chi connectivity index (χ1n) is 6.07. The fraction of sp³-hybridized carbons (Fsp3) is 0.909. The zero-order chi connectivity index (χ0) is 11.5. The fourth-order valence-corrected chi connectivity index (χ4v) is 2.34. The molecular formula is C11H20FN3O. The molecule has 1 amide bonds. The lowest BCUT2D eigenvalue weighted by atomic mass is 9.97. The van der Waals surface area contributed by atoms with E-state index in [9.17, 15) is 9.28 Å². The van der Waals surface area contributed by atoms with Crippen LogP contribution in [0, 0.1) is 5.92 Å². The van der Waals surface area contributed by atoms with Crippen molar-refractivity contribution in [3.05, 3.63) is 0 Å². The standard InChI is InChI=1S/C11H20FN3O/c1-9-5-10(8-15(12)7-9)13-6-11(16)14-3-2-4-14/h9-10,13H,2-8H2,1H3/t9-,10+/m0/s1. The van der Waals surface area contributed by atoms with Crippen molar-refractivity contribution in [3.8, 4) is 0 Å². The van der Waals surface area contributed by atoms with Gasteiger partial charge in [-0.25, -0.2) is 0 Å². The minimum absolute atomic E-state index is 0.110. The van der Waals surface area contributed by atoms with Crippen LogP contribution in [0.5, 0.6) is 0 Å². The Morgan fingerprint density at radius 3 is 2.75 bits per heavy atom. The number of carbonyl (C=O) groups excluding carboxylic acids is 1. The summed E-state index contributed by atoms with van der Waals surface area (Å²) < 4.78 is 13.1. The summed E-state index contributed by atoms with van der Waals surface area (Å²) in [5.41, 5.74) is 0. The van der Waals surface area contributed by atoms with E-state index >= 15 is 0 Å². The second-order valence-corrected chi connectivity index (χ2v) is 4.98. The van der Waals surface area contributed by atoms with Crippen molar-refractivity contribution in [2.24, 2.45) is 5.92 Å². The van der Waals surface area contributed by atoms with Gasteiger partial charge in [0.25, 0.3) is 0 Å². The zero-order valence-electron chi connectivity index (χ0n) is 9.79. The molecule has 16 heavy (non-hydrogen) atoms. The molecule has 0 saturated carbocycles. The van der Waals surface area contributed by atoms with E-state index in [0.717, 1.165) is 31.1 Å². The molecule has 2 aliphatic heterocycles. The molecule has 2 heterocycles. The minimum Gasteiger partial charge on any atom is -0.341 e. The van der Waals surface area contributed by atoms with E-state index in [-0.39, 0.29) is 11.9 Å². The van der Waals surface area contributed by atoms with E-state index < -0.39 is 0 Å². The van der Waals surface area contributed by atoms with Gasteiger partial charge < -0.3 is 10.2 Å². The van der Waals surface area contributed by atoms with Gasteiger partial charge in [0.1, 0.15) is 0 Å². The molecule has 0 aliphatic carbocycles. The first kappa shape index (κ1) is 11.8. The monoisotopic (exact) mass is 229 g/mol. The summed E-state index contributed by atoms with van der Waals surface area (Å²) in [6.45, 7) is 5.08. The van der Waals surface area contributed by atoms with Crippen LogP contribution in [-0.2, 0) is 4.79 Å². The van der Waals surface area contributed by atoms with E-state index in [1.165, 1.54) is 0 Å². The van der Waals surface area contributed by atoms with Crippen molar-refractivity contribution >= 4 is 5.91 Å². The number of nitrogens with one attached hydrogen (secondary N) is 1. The third kappa shape index (κ3) is 2.92. The van der Waals surface area contributed by atoms with Crippen LogP contribution in [0.2, 0.25) is 0 Å².